The van der Waals surface area contributed by atoms with Gasteiger partial charge in [-0.1, -0.05) is 31.4 Å². The minimum Gasteiger partial charge on any atom is -0.496 e. The zero-order valence-corrected chi connectivity index (χ0v) is 19.4. The topological polar surface area (TPSA) is 54.0 Å². The molecule has 0 unspecified atom stereocenters. The molecule has 0 aromatic heterocycles. The maximum absolute atomic E-state index is 14.8. The third-order valence-electron chi connectivity index (χ3n) is 6.15. The second kappa shape index (κ2) is 10.3. The molecule has 3 rings (SSSR count). The van der Waals surface area contributed by atoms with Gasteiger partial charge in [0.15, 0.2) is 0 Å². The van der Waals surface area contributed by atoms with E-state index in [1.807, 2.05) is 36.4 Å². The van der Waals surface area contributed by atoms with E-state index in [1.165, 1.54) is 6.42 Å². The van der Waals surface area contributed by atoms with Crippen LogP contribution in [0, 0.1) is 0 Å². The quantitative estimate of drug-likeness (QED) is 0.447. The van der Waals surface area contributed by atoms with Gasteiger partial charge in [0, 0.05) is 29.1 Å². The molecule has 2 aromatic carbocycles. The number of methoxy groups -OCH3 is 4. The van der Waals surface area contributed by atoms with Crippen molar-refractivity contribution < 1.29 is 23.5 Å². The molecule has 0 bridgehead atoms. The van der Waals surface area contributed by atoms with Crippen molar-refractivity contribution in [3.05, 3.63) is 47.5 Å². The van der Waals surface area contributed by atoms with E-state index in [4.69, 9.17) is 18.9 Å². The van der Waals surface area contributed by atoms with Crippen LogP contribution in [0.4, 0.5) is 0 Å². The first-order chi connectivity index (χ1) is 14.6. The van der Waals surface area contributed by atoms with Gasteiger partial charge in [0.2, 0.25) is 0 Å². The summed E-state index contributed by atoms with van der Waals surface area (Å²) in [5, 5.41) is 0. The predicted octanol–water partition coefficient (Wildman–Crippen LogP) is 6.12. The van der Waals surface area contributed by atoms with E-state index in [1.54, 1.807) is 28.4 Å². The highest BCUT2D eigenvalue weighted by molar-refractivity contribution is 7.63. The van der Waals surface area contributed by atoms with Crippen LogP contribution in [0.2, 0.25) is 0 Å². The molecule has 0 atom stereocenters. The summed E-state index contributed by atoms with van der Waals surface area (Å²) >= 11 is 0. The third kappa shape index (κ3) is 4.78. The fourth-order valence-corrected chi connectivity index (χ4v) is 8.20. The maximum Gasteiger partial charge on any atom is 0.126 e. The summed E-state index contributed by atoms with van der Waals surface area (Å²) in [5.41, 5.74) is 1.94. The molecule has 0 N–H and O–H groups in total. The Morgan fingerprint density at radius 3 is 1.40 bits per heavy atom. The molecular weight excluding hydrogens is 399 g/mol. The summed E-state index contributed by atoms with van der Waals surface area (Å²) in [7, 11) is 3.86. The van der Waals surface area contributed by atoms with Crippen molar-refractivity contribution in [3.8, 4) is 23.0 Å². The Morgan fingerprint density at radius 2 is 1.07 bits per heavy atom. The molecule has 5 nitrogen and oxygen atoms in total. The molecule has 1 aliphatic carbocycles. The van der Waals surface area contributed by atoms with Gasteiger partial charge in [-0.05, 0) is 37.1 Å². The van der Waals surface area contributed by atoms with Crippen molar-refractivity contribution in [2.75, 3.05) is 28.4 Å². The normalized spacial score (nSPS) is 14.9. The lowest BCUT2D eigenvalue weighted by Crippen LogP contribution is -2.17. The molecule has 0 spiro atoms. The predicted molar refractivity (Wildman–Crippen MR) is 121 cm³/mol. The van der Waals surface area contributed by atoms with E-state index in [-0.39, 0.29) is 5.66 Å². The van der Waals surface area contributed by atoms with Crippen molar-refractivity contribution >= 4 is 7.14 Å². The first-order valence-corrected chi connectivity index (χ1v) is 12.7. The number of hydrogen-bond acceptors (Lipinski definition) is 5. The van der Waals surface area contributed by atoms with Gasteiger partial charge in [-0.15, -0.1) is 0 Å². The summed E-state index contributed by atoms with van der Waals surface area (Å²) in [6, 6.07) is 11.4. The average Bonchev–Trinajstić information content (AvgIpc) is 2.79. The van der Waals surface area contributed by atoms with Crippen molar-refractivity contribution in [3.63, 3.8) is 0 Å². The van der Waals surface area contributed by atoms with Gasteiger partial charge >= 0.3 is 0 Å². The summed E-state index contributed by atoms with van der Waals surface area (Å²) in [6.07, 6.45) is 6.32. The van der Waals surface area contributed by atoms with Gasteiger partial charge in [-0.3, -0.25) is 0 Å². The van der Waals surface area contributed by atoms with Crippen LogP contribution in [0.1, 0.15) is 43.2 Å². The molecule has 164 valence electrons. The van der Waals surface area contributed by atoms with Crippen LogP contribution >= 0.6 is 7.14 Å². The fourth-order valence-electron chi connectivity index (χ4n) is 4.57. The summed E-state index contributed by atoms with van der Waals surface area (Å²) < 4.78 is 37.2. The minimum atomic E-state index is -2.72. The Kier molecular flexibility index (Phi) is 7.71. The lowest BCUT2D eigenvalue weighted by Gasteiger charge is -2.32. The standard InChI is InChI=1S/C24H33O5P/c1-26-21-12-8-13-22(27-2)19(21)16-30(25,18-10-6-5-7-11-18)17-20-23(28-3)14-9-15-24(20)29-4/h8-9,12-15,18H,5-7,10-11,16-17H2,1-4H3. The van der Waals surface area contributed by atoms with E-state index in [2.05, 4.69) is 0 Å². The first-order valence-electron chi connectivity index (χ1n) is 10.5. The molecule has 2 aromatic rings. The van der Waals surface area contributed by atoms with Crippen LogP contribution in [0.15, 0.2) is 36.4 Å². The highest BCUT2D eigenvalue weighted by Crippen LogP contribution is 2.63. The van der Waals surface area contributed by atoms with Crippen molar-refractivity contribution in [1.82, 2.24) is 0 Å². The van der Waals surface area contributed by atoms with Crippen LogP contribution in [0.3, 0.4) is 0 Å². The second-order valence-electron chi connectivity index (χ2n) is 7.84. The number of benzene rings is 2. The minimum absolute atomic E-state index is 0.176. The van der Waals surface area contributed by atoms with Gasteiger partial charge in [0.05, 0.1) is 35.6 Å². The number of ether oxygens (including phenoxy) is 4. The molecule has 0 amide bonds. The SMILES string of the molecule is COc1cccc(OC)c1CP(=O)(Cc1c(OC)cccc1OC)C1CCCCC1. The molecule has 0 saturated heterocycles. The van der Waals surface area contributed by atoms with Crippen molar-refractivity contribution in [1.29, 1.82) is 0 Å². The number of rotatable bonds is 9. The molecule has 6 heteroatoms. The molecule has 0 radical (unpaired) electrons. The van der Waals surface area contributed by atoms with Gasteiger partial charge < -0.3 is 23.5 Å². The Morgan fingerprint density at radius 1 is 0.700 bits per heavy atom. The fraction of sp³-hybridized carbons (Fsp3) is 0.500. The average molecular weight is 432 g/mol. The molecule has 0 aliphatic heterocycles. The summed E-state index contributed by atoms with van der Waals surface area (Å²) in [6.45, 7) is 0. The number of hydrogen-bond donors (Lipinski definition) is 0. The monoisotopic (exact) mass is 432 g/mol. The zero-order valence-electron chi connectivity index (χ0n) is 18.5. The highest BCUT2D eigenvalue weighted by Gasteiger charge is 2.37. The maximum atomic E-state index is 14.8. The Bertz CT molecular complexity index is 783. The van der Waals surface area contributed by atoms with E-state index < -0.39 is 7.14 Å². The van der Waals surface area contributed by atoms with Crippen LogP contribution < -0.4 is 18.9 Å². The van der Waals surface area contributed by atoms with Crippen molar-refractivity contribution in [2.24, 2.45) is 0 Å². The Balaban J connectivity index is 2.07. The van der Waals surface area contributed by atoms with E-state index in [0.717, 1.165) is 59.8 Å². The van der Waals surface area contributed by atoms with Crippen molar-refractivity contribution in [2.45, 2.75) is 50.1 Å². The lowest BCUT2D eigenvalue weighted by molar-refractivity contribution is 0.385. The molecule has 30 heavy (non-hydrogen) atoms. The zero-order chi connectivity index (χ0) is 21.6. The van der Waals surface area contributed by atoms with Gasteiger partial charge in [-0.2, -0.15) is 0 Å². The lowest BCUT2D eigenvalue weighted by atomic mass is 10.0. The van der Waals surface area contributed by atoms with Gasteiger partial charge in [0.25, 0.3) is 0 Å². The first kappa shape index (κ1) is 22.6. The van der Waals surface area contributed by atoms with Gasteiger partial charge in [0.1, 0.15) is 23.0 Å². The van der Waals surface area contributed by atoms with Crippen LogP contribution in [-0.4, -0.2) is 34.1 Å². The highest BCUT2D eigenvalue weighted by atomic mass is 31.2. The molecule has 0 heterocycles. The molecular formula is C24H33O5P. The van der Waals surface area contributed by atoms with Crippen LogP contribution in [0.25, 0.3) is 0 Å². The van der Waals surface area contributed by atoms with E-state index in [9.17, 15) is 4.57 Å². The molecule has 1 aliphatic rings. The third-order valence-corrected chi connectivity index (χ3v) is 9.70. The van der Waals surface area contributed by atoms with Crippen LogP contribution in [0.5, 0.6) is 23.0 Å². The second-order valence-corrected chi connectivity index (χ2v) is 11.1. The van der Waals surface area contributed by atoms with Crippen LogP contribution in [-0.2, 0) is 16.9 Å². The summed E-state index contributed by atoms with van der Waals surface area (Å²) in [5.74, 6) is 2.88. The largest absolute Gasteiger partial charge is 0.496 e. The van der Waals surface area contributed by atoms with E-state index >= 15 is 0 Å². The Hall–Kier alpha value is -2.13. The molecule has 1 fully saturated rings. The smallest absolute Gasteiger partial charge is 0.126 e. The van der Waals surface area contributed by atoms with Gasteiger partial charge in [-0.25, -0.2) is 0 Å². The summed E-state index contributed by atoms with van der Waals surface area (Å²) in [4.78, 5) is 0. The Labute approximate surface area is 180 Å². The molecule has 1 saturated carbocycles. The van der Waals surface area contributed by atoms with E-state index in [0.29, 0.717) is 12.3 Å².